The molecule has 73 heavy (non-hydrogen) atoms. The molecule has 0 saturated heterocycles. The van der Waals surface area contributed by atoms with E-state index < -0.39 is 0 Å². The molecule has 4 heteroatoms. The van der Waals surface area contributed by atoms with Gasteiger partial charge in [-0.15, -0.1) is 0 Å². The Labute approximate surface area is 435 Å². The number of fused-ring (bicyclic) bond motifs is 15. The molecule has 0 fully saturated rings. The van der Waals surface area contributed by atoms with Crippen molar-refractivity contribution in [3.05, 3.63) is 160 Å². The minimum atomic E-state index is -0.265. The van der Waals surface area contributed by atoms with Gasteiger partial charge >= 0.3 is 6.85 Å². The Kier molecular flexibility index (Phi) is 8.89. The van der Waals surface area contributed by atoms with E-state index in [9.17, 15) is 0 Å². The van der Waals surface area contributed by atoms with Gasteiger partial charge < -0.3 is 14.1 Å². The Hall–Kier alpha value is -6.00. The average molecular weight is 957 g/mol. The summed E-state index contributed by atoms with van der Waals surface area (Å²) in [7, 11) is 0. The Morgan fingerprint density at radius 3 is 1.60 bits per heavy atom. The lowest BCUT2D eigenvalue weighted by Gasteiger charge is -2.50. The van der Waals surface area contributed by atoms with E-state index in [0.29, 0.717) is 0 Å². The Bertz CT molecular complexity index is 3760. The quantitative estimate of drug-likeness (QED) is 0.161. The lowest BCUT2D eigenvalue weighted by atomic mass is 9.42. The van der Waals surface area contributed by atoms with Crippen molar-refractivity contribution in [2.45, 2.75) is 173 Å². The van der Waals surface area contributed by atoms with Crippen LogP contribution in [0.5, 0.6) is 0 Å². The maximum absolute atomic E-state index is 7.34. The molecular weight excluding hydrogens is 884 g/mol. The third-order valence-electron chi connectivity index (χ3n) is 20.4. The van der Waals surface area contributed by atoms with E-state index in [0.717, 1.165) is 35.8 Å². The van der Waals surface area contributed by atoms with Gasteiger partial charge in [0, 0.05) is 44.5 Å². The summed E-state index contributed by atoms with van der Waals surface area (Å²) in [4.78, 5) is 5.53. The molecule has 3 nitrogen and oxygen atoms in total. The standard InChI is InChI=1S/C69H73BN2O/c1-63(2)29-31-65(5,6)50-35-40(23-27-48(50)63)71-55-39-53-52(67(9,10)33-34-68(53,11)12)38-54(55)70-60-56(71)37-46-42-19-15-17-21-47(42)69(13,14)59(46)58(60)45-26-25-44-43-20-16-18-22-57(43)73-62(44)61(45)72(70)41-24-28-49-51(36-41)66(7,8)32-30-64(49,3)4/h15-28,35-39H,29-34H2,1-14H3. The molecule has 0 spiro atoms. The molecule has 0 saturated carbocycles. The van der Waals surface area contributed by atoms with Gasteiger partial charge in [0.15, 0.2) is 5.58 Å². The van der Waals surface area contributed by atoms with Crippen LogP contribution in [0.4, 0.5) is 28.4 Å². The predicted octanol–water partition coefficient (Wildman–Crippen LogP) is 17.6. The van der Waals surface area contributed by atoms with Crippen LogP contribution < -0.4 is 20.6 Å². The summed E-state index contributed by atoms with van der Waals surface area (Å²) in [5, 5.41) is 2.33. The molecule has 4 aliphatic carbocycles. The Morgan fingerprint density at radius 2 is 0.959 bits per heavy atom. The van der Waals surface area contributed by atoms with Crippen LogP contribution in [-0.4, -0.2) is 6.85 Å². The molecular formula is C69H73BN2O. The number of anilines is 5. The lowest BCUT2D eigenvalue weighted by Crippen LogP contribution is -2.62. The number of para-hydroxylation sites is 1. The third-order valence-corrected chi connectivity index (χ3v) is 20.4. The number of hydrogen-bond donors (Lipinski definition) is 0. The number of benzene rings is 7. The number of nitrogens with zero attached hydrogens (tertiary/aromatic N) is 2. The molecule has 0 radical (unpaired) electrons. The Balaban J connectivity index is 1.18. The Morgan fingerprint density at radius 1 is 0.425 bits per heavy atom. The summed E-state index contributed by atoms with van der Waals surface area (Å²) >= 11 is 0. The topological polar surface area (TPSA) is 19.6 Å². The van der Waals surface area contributed by atoms with Crippen molar-refractivity contribution in [1.82, 2.24) is 0 Å². The summed E-state index contributed by atoms with van der Waals surface area (Å²) in [5.74, 6) is 0. The average Bonchev–Trinajstić information content (AvgIpc) is 3.84. The zero-order valence-electron chi connectivity index (χ0n) is 46.1. The second-order valence-electron chi connectivity index (χ2n) is 28.0. The maximum Gasteiger partial charge on any atom is 0.333 e. The van der Waals surface area contributed by atoms with E-state index >= 15 is 0 Å². The first-order valence-corrected chi connectivity index (χ1v) is 27.8. The molecule has 3 heterocycles. The zero-order chi connectivity index (χ0) is 50.9. The number of hydrogen-bond acceptors (Lipinski definition) is 3. The van der Waals surface area contributed by atoms with Gasteiger partial charge in [-0.1, -0.05) is 164 Å². The zero-order valence-corrected chi connectivity index (χ0v) is 46.1. The highest BCUT2D eigenvalue weighted by Gasteiger charge is 2.53. The first-order chi connectivity index (χ1) is 34.4. The van der Waals surface area contributed by atoms with Crippen LogP contribution in [-0.2, 0) is 37.9 Å². The first-order valence-electron chi connectivity index (χ1n) is 27.8. The smallest absolute Gasteiger partial charge is 0.333 e. The normalized spacial score (nSPS) is 21.1. The van der Waals surface area contributed by atoms with Gasteiger partial charge in [0.05, 0.1) is 5.69 Å². The van der Waals surface area contributed by atoms with E-state index in [1.165, 1.54) is 131 Å². The van der Waals surface area contributed by atoms with Gasteiger partial charge in [0.25, 0.3) is 0 Å². The predicted molar refractivity (Wildman–Crippen MR) is 311 cm³/mol. The molecule has 368 valence electrons. The SMILES string of the molecule is CC1(C)CCC(C)(C)c2cc(N3B4c5cc6c(cc5N(c5ccc7c(c5)C(C)(C)CCC7(C)C)c5cc7c(c(c54)-c4ccc5c(oc8ccccc85)c43)C(C)(C)c3ccccc3-7)C(C)(C)CCC6(C)C)ccc21. The van der Waals surface area contributed by atoms with Gasteiger partial charge in [-0.25, -0.2) is 0 Å². The van der Waals surface area contributed by atoms with Crippen LogP contribution in [0.2, 0.25) is 0 Å². The van der Waals surface area contributed by atoms with Gasteiger partial charge in [-0.3, -0.25) is 0 Å². The van der Waals surface area contributed by atoms with Crippen molar-refractivity contribution in [3.8, 4) is 22.3 Å². The van der Waals surface area contributed by atoms with E-state index in [1.807, 2.05) is 0 Å². The van der Waals surface area contributed by atoms with Crippen LogP contribution in [0.1, 0.15) is 180 Å². The third kappa shape index (κ3) is 6.02. The van der Waals surface area contributed by atoms with Crippen LogP contribution in [0.25, 0.3) is 44.2 Å². The van der Waals surface area contributed by atoms with Crippen molar-refractivity contribution in [3.63, 3.8) is 0 Å². The molecule has 0 unspecified atom stereocenters. The van der Waals surface area contributed by atoms with Gasteiger partial charge in [-0.2, -0.15) is 0 Å². The minimum Gasteiger partial charge on any atom is -0.454 e. The molecule has 2 aliphatic heterocycles. The molecule has 0 amide bonds. The van der Waals surface area contributed by atoms with Crippen LogP contribution >= 0.6 is 0 Å². The number of rotatable bonds is 2. The maximum atomic E-state index is 7.34. The summed E-state index contributed by atoms with van der Waals surface area (Å²) in [6, 6.07) is 46.1. The number of furan rings is 1. The fourth-order valence-electron chi connectivity index (χ4n) is 15.6. The van der Waals surface area contributed by atoms with Crippen molar-refractivity contribution < 1.29 is 4.42 Å². The summed E-state index contributed by atoms with van der Waals surface area (Å²) in [5.41, 5.74) is 28.0. The van der Waals surface area contributed by atoms with Crippen molar-refractivity contribution in [2.24, 2.45) is 0 Å². The van der Waals surface area contributed by atoms with Gasteiger partial charge in [0.2, 0.25) is 0 Å². The molecule has 0 atom stereocenters. The highest BCUT2D eigenvalue weighted by Crippen LogP contribution is 2.61. The van der Waals surface area contributed by atoms with E-state index in [1.54, 1.807) is 0 Å². The molecule has 14 rings (SSSR count). The van der Waals surface area contributed by atoms with E-state index in [-0.39, 0.29) is 44.8 Å². The molecule has 6 aliphatic rings. The summed E-state index contributed by atoms with van der Waals surface area (Å²) < 4.78 is 7.34. The fourth-order valence-corrected chi connectivity index (χ4v) is 15.6. The minimum absolute atomic E-state index is 0.00164. The molecule has 0 bridgehead atoms. The summed E-state index contributed by atoms with van der Waals surface area (Å²) in [6.45, 7) is 34.6. The summed E-state index contributed by atoms with van der Waals surface area (Å²) in [6.07, 6.45) is 7.00. The van der Waals surface area contributed by atoms with Crippen molar-refractivity contribution >= 4 is 68.1 Å². The second kappa shape index (κ2) is 14.2. The first kappa shape index (κ1) is 45.6. The lowest BCUT2D eigenvalue weighted by molar-refractivity contribution is 0.332. The molecule has 0 N–H and O–H groups in total. The van der Waals surface area contributed by atoms with Crippen LogP contribution in [0, 0.1) is 0 Å². The largest absolute Gasteiger partial charge is 0.454 e. The van der Waals surface area contributed by atoms with Gasteiger partial charge in [-0.05, 0) is 192 Å². The van der Waals surface area contributed by atoms with E-state index in [2.05, 4.69) is 222 Å². The van der Waals surface area contributed by atoms with Crippen LogP contribution in [0.15, 0.2) is 120 Å². The van der Waals surface area contributed by atoms with Crippen LogP contribution in [0.3, 0.4) is 0 Å². The van der Waals surface area contributed by atoms with E-state index in [4.69, 9.17) is 4.42 Å². The molecule has 7 aromatic carbocycles. The fraction of sp³-hybridized carbons (Fsp3) is 0.391. The molecule has 1 aromatic heterocycles. The van der Waals surface area contributed by atoms with Crippen molar-refractivity contribution in [2.75, 3.05) is 9.71 Å². The molecule has 8 aromatic rings. The van der Waals surface area contributed by atoms with Crippen molar-refractivity contribution in [1.29, 1.82) is 0 Å². The highest BCUT2D eigenvalue weighted by molar-refractivity contribution is 6.94. The highest BCUT2D eigenvalue weighted by atomic mass is 16.3. The monoisotopic (exact) mass is 957 g/mol. The van der Waals surface area contributed by atoms with Gasteiger partial charge in [0.1, 0.15) is 5.58 Å². The second-order valence-corrected chi connectivity index (χ2v) is 28.0.